The number of amides is 2. The van der Waals surface area contributed by atoms with Gasteiger partial charge in [-0.2, -0.15) is 0 Å². The van der Waals surface area contributed by atoms with Crippen LogP contribution in [0.1, 0.15) is 13.8 Å². The molecule has 0 radical (unpaired) electrons. The second-order valence-corrected chi connectivity index (χ2v) is 23.9. The average molecular weight is 1400 g/mol. The van der Waals surface area contributed by atoms with Crippen molar-refractivity contribution in [3.05, 3.63) is 0 Å². The van der Waals surface area contributed by atoms with Crippen molar-refractivity contribution in [1.82, 2.24) is 10.6 Å². The van der Waals surface area contributed by atoms with Gasteiger partial charge in [-0.3, -0.25) is 9.59 Å². The van der Waals surface area contributed by atoms with Crippen molar-refractivity contribution >= 4 is 11.8 Å². The molecule has 26 N–H and O–H groups in total. The van der Waals surface area contributed by atoms with E-state index in [0.29, 0.717) is 0 Å². The SMILES string of the molecule is CC(=O)N[C@@H]1[C@@H](O)[C@H](O[C@@H]2O[C@H](CO)[C@@H](O[C@H]3O[C@H](CO[C@H]4O[C@H](CO)[C@@H](O)[C@H](O[C@H]5O[C@H](CO)[C@@H](O)[C@H](O)[C@@H]5O)[C@@H]4O)[C@@H](O)[C@H](O[C@H]4O[C@H](CO)[C@@H](O)[C@H](O)[C@@H]4O[C@H]4O[C@H](CO)[C@@H](O)[C@H](O)[C@@H]4O[C@H]4O[C@H](CO)[C@@H](O)[C@H](O)[C@@H]4O)[C@@H]3O)[C@H](O)[C@H]2NC(C)=O)[C@@H](CO)O[C@H]1O. The van der Waals surface area contributed by atoms with Crippen molar-refractivity contribution in [3.8, 4) is 0 Å². The van der Waals surface area contributed by atoms with Crippen LogP contribution < -0.4 is 10.6 Å². The van der Waals surface area contributed by atoms with Crippen molar-refractivity contribution in [2.45, 2.75) is 259 Å². The van der Waals surface area contributed by atoms with E-state index in [2.05, 4.69) is 10.6 Å². The predicted molar refractivity (Wildman–Crippen MR) is 288 cm³/mol. The molecule has 8 fully saturated rings. The summed E-state index contributed by atoms with van der Waals surface area (Å²) in [6.07, 6.45) is -78.5. The fraction of sp³-hybridized carbons (Fsp3) is 0.962. The molecule has 95 heavy (non-hydrogen) atoms. The van der Waals surface area contributed by atoms with Crippen LogP contribution in [0, 0.1) is 0 Å². The first kappa shape index (κ1) is 78.1. The van der Waals surface area contributed by atoms with Gasteiger partial charge in [-0.05, 0) is 0 Å². The van der Waals surface area contributed by atoms with E-state index in [9.17, 15) is 132 Å². The first-order valence-corrected chi connectivity index (χ1v) is 30.1. The summed E-state index contributed by atoms with van der Waals surface area (Å²) in [6.45, 7) is -6.47. The minimum absolute atomic E-state index is 0.766. The van der Waals surface area contributed by atoms with Crippen molar-refractivity contribution < 1.29 is 203 Å². The lowest BCUT2D eigenvalue weighted by molar-refractivity contribution is -0.408. The van der Waals surface area contributed by atoms with Crippen molar-refractivity contribution in [3.63, 3.8) is 0 Å². The molecule has 40 atom stereocenters. The molecule has 0 bridgehead atoms. The molecule has 8 rings (SSSR count). The highest BCUT2D eigenvalue weighted by Gasteiger charge is 2.60. The van der Waals surface area contributed by atoms with Gasteiger partial charge in [0, 0.05) is 13.8 Å². The van der Waals surface area contributed by atoms with Crippen LogP contribution in [0.3, 0.4) is 0 Å². The summed E-state index contributed by atoms with van der Waals surface area (Å²) < 4.78 is 86.9. The molecule has 0 saturated carbocycles. The van der Waals surface area contributed by atoms with Gasteiger partial charge in [-0.25, -0.2) is 0 Å². The van der Waals surface area contributed by atoms with Gasteiger partial charge in [0.15, 0.2) is 50.3 Å². The molecule has 0 aromatic heterocycles. The number of rotatable bonds is 24. The van der Waals surface area contributed by atoms with Crippen molar-refractivity contribution in [2.24, 2.45) is 0 Å². The molecule has 8 aliphatic heterocycles. The Balaban J connectivity index is 1.12. The molecule has 8 heterocycles. The van der Waals surface area contributed by atoms with Gasteiger partial charge in [-0.1, -0.05) is 0 Å². The molecule has 0 aromatic carbocycles. The smallest absolute Gasteiger partial charge is 0.217 e. The maximum Gasteiger partial charge on any atom is 0.217 e. The van der Waals surface area contributed by atoms with Crippen LogP contribution in [-0.4, -0.2) is 433 Å². The Labute approximate surface area is 536 Å². The fourth-order valence-corrected chi connectivity index (χ4v) is 12.1. The number of aliphatic hydroxyl groups is 24. The van der Waals surface area contributed by atoms with Gasteiger partial charge >= 0.3 is 0 Å². The quantitative estimate of drug-likeness (QED) is 0.0427. The third-order valence-corrected chi connectivity index (χ3v) is 17.4. The lowest BCUT2D eigenvalue weighted by Crippen LogP contribution is -2.70. The van der Waals surface area contributed by atoms with Crippen LogP contribution in [0.4, 0.5) is 0 Å². The van der Waals surface area contributed by atoms with Gasteiger partial charge in [0.05, 0.1) is 52.9 Å². The molecule has 0 unspecified atom stereocenters. The van der Waals surface area contributed by atoms with Crippen molar-refractivity contribution in [2.75, 3.05) is 52.9 Å². The van der Waals surface area contributed by atoms with Gasteiger partial charge in [0.2, 0.25) is 11.8 Å². The molecule has 8 saturated heterocycles. The normalized spacial score (nSPS) is 50.8. The number of carbonyl (C=O) groups is 2. The zero-order valence-corrected chi connectivity index (χ0v) is 50.4. The summed E-state index contributed by atoms with van der Waals surface area (Å²) in [6, 6.07) is -3.49. The molecule has 0 aromatic rings. The summed E-state index contributed by atoms with van der Waals surface area (Å²) in [7, 11) is 0. The topological polar surface area (TPSA) is 682 Å². The van der Waals surface area contributed by atoms with Crippen LogP contribution in [-0.2, 0) is 80.6 Å². The standard InChI is InChI=1S/C52H88N2O41/c1-11(62)53-21-29(70)39(18(8-60)82-45(21)80)90-46-22(54-12(2)63)30(71)40(19(9-61)88-46)91-50-38(79)42(28(69)20(89-50)10-81-47-37(78)41(27(68)17(7-59)83-47)92-48-35(76)31(72)23(64)13(3-55)84-48)93-51-44(34(75)26(67)15(5-57)86-51)95-52-43(33(74)25(66)16(6-58)87-52)94-49-36(77)32(73)24(65)14(4-56)85-49/h13-52,55-61,64-80H,3-10H2,1-2H3,(H,53,62)(H,54,63)/t13-,14-,15-,16-,17-,18-,19-,20-,21-,22-,23-,24-,25-,26-,27-,28-,29-,30-,31+,32+,33+,34+,35+,36+,37+,38+,39-,40-,41+,42+,43+,44+,45-,46+,47+,48-,49-,50-,51-,52-/m1/s1. The predicted octanol–water partition coefficient (Wildman–Crippen LogP) is -18.2. The van der Waals surface area contributed by atoms with Gasteiger partial charge in [-0.15, -0.1) is 0 Å². The molecular weight excluding hydrogens is 1310 g/mol. The number of aliphatic hydroxyl groups excluding tert-OH is 24. The minimum Gasteiger partial charge on any atom is -0.394 e. The number of carbonyl (C=O) groups excluding carboxylic acids is 2. The summed E-state index contributed by atoms with van der Waals surface area (Å²) in [4.78, 5) is 24.9. The van der Waals surface area contributed by atoms with Crippen LogP contribution in [0.15, 0.2) is 0 Å². The summed E-state index contributed by atoms with van der Waals surface area (Å²) in [5, 5.41) is 267. The second kappa shape index (κ2) is 33.9. The van der Waals surface area contributed by atoms with Crippen molar-refractivity contribution in [1.29, 1.82) is 0 Å². The maximum atomic E-state index is 12.8. The molecule has 43 heteroatoms. The van der Waals surface area contributed by atoms with Crippen LogP contribution in [0.2, 0.25) is 0 Å². The van der Waals surface area contributed by atoms with E-state index in [1.807, 2.05) is 0 Å². The van der Waals surface area contributed by atoms with E-state index in [1.54, 1.807) is 0 Å². The molecule has 0 spiro atoms. The highest BCUT2D eigenvalue weighted by Crippen LogP contribution is 2.39. The Hall–Kier alpha value is -2.62. The fourth-order valence-electron chi connectivity index (χ4n) is 12.1. The molecular formula is C52H88N2O41. The van der Waals surface area contributed by atoms with Crippen LogP contribution in [0.5, 0.6) is 0 Å². The zero-order chi connectivity index (χ0) is 69.9. The maximum absolute atomic E-state index is 12.8. The van der Waals surface area contributed by atoms with E-state index < -0.39 is 310 Å². The Kier molecular flexibility index (Phi) is 27.9. The van der Waals surface area contributed by atoms with Gasteiger partial charge in [0.25, 0.3) is 0 Å². The Morgan fingerprint density at radius 2 is 0.568 bits per heavy atom. The van der Waals surface area contributed by atoms with Crippen LogP contribution in [0.25, 0.3) is 0 Å². The first-order chi connectivity index (χ1) is 45.0. The molecule has 8 aliphatic rings. The highest BCUT2D eigenvalue weighted by atomic mass is 16.8. The van der Waals surface area contributed by atoms with E-state index >= 15 is 0 Å². The second-order valence-electron chi connectivity index (χ2n) is 23.9. The third-order valence-electron chi connectivity index (χ3n) is 17.4. The van der Waals surface area contributed by atoms with E-state index in [4.69, 9.17) is 71.1 Å². The number of hydrogen-bond donors (Lipinski definition) is 26. The number of hydrogen-bond acceptors (Lipinski definition) is 41. The van der Waals surface area contributed by atoms with E-state index in [-0.39, 0.29) is 0 Å². The number of ether oxygens (including phenoxy) is 15. The molecule has 0 aliphatic carbocycles. The van der Waals surface area contributed by atoms with Gasteiger partial charge < -0.3 is 204 Å². The molecule has 2 amide bonds. The Bertz CT molecular complexity index is 2380. The molecule has 43 nitrogen and oxygen atoms in total. The van der Waals surface area contributed by atoms with E-state index in [0.717, 1.165) is 13.8 Å². The minimum atomic E-state index is -2.51. The largest absolute Gasteiger partial charge is 0.394 e. The van der Waals surface area contributed by atoms with Gasteiger partial charge in [0.1, 0.15) is 195 Å². The monoisotopic (exact) mass is 1400 g/mol. The summed E-state index contributed by atoms with van der Waals surface area (Å²) >= 11 is 0. The average Bonchev–Trinajstić information content (AvgIpc) is 0.796. The van der Waals surface area contributed by atoms with Crippen LogP contribution >= 0.6 is 0 Å². The first-order valence-electron chi connectivity index (χ1n) is 30.1. The summed E-state index contributed by atoms with van der Waals surface area (Å²) in [5.41, 5.74) is 0. The molecule has 552 valence electrons. The highest BCUT2D eigenvalue weighted by molar-refractivity contribution is 5.73. The Morgan fingerprint density at radius 1 is 0.274 bits per heavy atom. The third kappa shape index (κ3) is 16.8. The zero-order valence-electron chi connectivity index (χ0n) is 50.4. The van der Waals surface area contributed by atoms with E-state index in [1.165, 1.54) is 0 Å². The lowest BCUT2D eigenvalue weighted by atomic mass is 9.94. The number of nitrogens with one attached hydrogen (secondary N) is 2. The lowest BCUT2D eigenvalue weighted by Gasteiger charge is -2.51. The summed E-state index contributed by atoms with van der Waals surface area (Å²) in [5.74, 6) is -1.68. The Morgan fingerprint density at radius 3 is 1.02 bits per heavy atom.